The third kappa shape index (κ3) is 3.05. The van der Waals surface area contributed by atoms with Gasteiger partial charge in [-0.1, -0.05) is 18.5 Å². The number of likely N-dealkylation sites (N-methyl/N-ethyl adjacent to an activating group) is 1. The van der Waals surface area contributed by atoms with E-state index in [-0.39, 0.29) is 6.04 Å². The van der Waals surface area contributed by atoms with Crippen molar-refractivity contribution in [1.29, 1.82) is 0 Å². The van der Waals surface area contributed by atoms with Crippen LogP contribution in [0, 0.1) is 20.8 Å². The van der Waals surface area contributed by atoms with Gasteiger partial charge in [-0.3, -0.25) is 4.98 Å². The number of aromatic nitrogens is 1. The lowest BCUT2D eigenvalue weighted by atomic mass is 9.96. The van der Waals surface area contributed by atoms with Gasteiger partial charge in [0.25, 0.3) is 0 Å². The molecule has 0 saturated carbocycles. The molecule has 0 saturated heterocycles. The zero-order valence-corrected chi connectivity index (χ0v) is 13.2. The molecule has 0 aliphatic rings. The lowest BCUT2D eigenvalue weighted by Gasteiger charge is -2.19. The summed E-state index contributed by atoms with van der Waals surface area (Å²) in [6, 6.07) is 2.18. The van der Waals surface area contributed by atoms with Gasteiger partial charge >= 0.3 is 0 Å². The highest BCUT2D eigenvalue weighted by Gasteiger charge is 2.21. The Morgan fingerprint density at radius 3 is 2.60 bits per heavy atom. The fraction of sp³-hybridized carbons (Fsp3) is 0.438. The molecule has 20 heavy (non-hydrogen) atoms. The summed E-state index contributed by atoms with van der Waals surface area (Å²) in [5, 5.41) is 4.24. The summed E-state index contributed by atoms with van der Waals surface area (Å²) in [6.07, 6.45) is 4.31. The topological polar surface area (TPSA) is 38.1 Å². The van der Waals surface area contributed by atoms with Crippen LogP contribution in [0.3, 0.4) is 0 Å². The third-order valence-corrected chi connectivity index (χ3v) is 4.04. The minimum Gasteiger partial charge on any atom is -0.466 e. The molecule has 0 aromatic carbocycles. The van der Waals surface area contributed by atoms with Gasteiger partial charge in [0, 0.05) is 24.0 Å². The zero-order valence-electron chi connectivity index (χ0n) is 12.5. The lowest BCUT2D eigenvalue weighted by molar-refractivity contribution is 0.484. The van der Waals surface area contributed by atoms with E-state index in [1.165, 1.54) is 11.1 Å². The molecule has 1 atom stereocenters. The fourth-order valence-electron chi connectivity index (χ4n) is 2.63. The second-order valence-corrected chi connectivity index (χ2v) is 5.44. The molecule has 0 amide bonds. The second-order valence-electron chi connectivity index (χ2n) is 5.03. The highest BCUT2D eigenvalue weighted by molar-refractivity contribution is 6.31. The number of nitrogens with zero attached hydrogens (tertiary/aromatic N) is 1. The molecule has 3 nitrogen and oxygen atoms in total. The molecular weight excluding hydrogens is 272 g/mol. The number of rotatable bonds is 5. The first-order valence-electron chi connectivity index (χ1n) is 6.92. The summed E-state index contributed by atoms with van der Waals surface area (Å²) < 4.78 is 5.76. The van der Waals surface area contributed by atoms with E-state index in [9.17, 15) is 0 Å². The van der Waals surface area contributed by atoms with Gasteiger partial charge in [-0.25, -0.2) is 0 Å². The first-order chi connectivity index (χ1) is 9.54. The standard InChI is InChI=1S/C16H21ClN2O/c1-5-19-15(8-13-6-7-18-9-14(13)17)16-10(2)11(3)20-12(16)4/h6-7,9,15,19H,5,8H2,1-4H3. The lowest BCUT2D eigenvalue weighted by Crippen LogP contribution is -2.24. The average Bonchev–Trinajstić information content (AvgIpc) is 2.65. The first-order valence-corrected chi connectivity index (χ1v) is 7.30. The Morgan fingerprint density at radius 1 is 1.30 bits per heavy atom. The van der Waals surface area contributed by atoms with Gasteiger partial charge < -0.3 is 9.73 Å². The van der Waals surface area contributed by atoms with E-state index in [4.69, 9.17) is 16.0 Å². The van der Waals surface area contributed by atoms with Gasteiger partial charge in [-0.2, -0.15) is 0 Å². The van der Waals surface area contributed by atoms with Crippen molar-refractivity contribution in [2.24, 2.45) is 0 Å². The predicted molar refractivity (Wildman–Crippen MR) is 82.3 cm³/mol. The first kappa shape index (κ1) is 15.1. The summed E-state index contributed by atoms with van der Waals surface area (Å²) in [5.41, 5.74) is 3.57. The van der Waals surface area contributed by atoms with Crippen molar-refractivity contribution in [2.45, 2.75) is 40.2 Å². The molecule has 0 bridgehead atoms. The van der Waals surface area contributed by atoms with Crippen LogP contribution in [0.5, 0.6) is 0 Å². The molecule has 1 N–H and O–H groups in total. The minimum atomic E-state index is 0.206. The molecule has 0 radical (unpaired) electrons. The normalized spacial score (nSPS) is 12.7. The molecule has 0 aliphatic heterocycles. The maximum atomic E-state index is 6.23. The van der Waals surface area contributed by atoms with Gasteiger partial charge in [0.15, 0.2) is 0 Å². The summed E-state index contributed by atoms with van der Waals surface area (Å²) in [6.45, 7) is 9.15. The van der Waals surface area contributed by atoms with Crippen LogP contribution >= 0.6 is 11.6 Å². The zero-order chi connectivity index (χ0) is 14.7. The van der Waals surface area contributed by atoms with Crippen LogP contribution in [0.15, 0.2) is 22.9 Å². The number of hydrogen-bond acceptors (Lipinski definition) is 3. The van der Waals surface area contributed by atoms with Crippen molar-refractivity contribution in [1.82, 2.24) is 10.3 Å². The summed E-state index contributed by atoms with van der Waals surface area (Å²) in [4.78, 5) is 4.04. The highest BCUT2D eigenvalue weighted by atomic mass is 35.5. The van der Waals surface area contributed by atoms with Crippen LogP contribution in [-0.2, 0) is 6.42 Å². The van der Waals surface area contributed by atoms with Crippen molar-refractivity contribution in [3.8, 4) is 0 Å². The second kappa shape index (κ2) is 6.42. The molecular formula is C16H21ClN2O. The average molecular weight is 293 g/mol. The highest BCUT2D eigenvalue weighted by Crippen LogP contribution is 2.30. The quantitative estimate of drug-likeness (QED) is 0.900. The number of nitrogens with one attached hydrogen (secondary N) is 1. The minimum absolute atomic E-state index is 0.206. The molecule has 2 aromatic rings. The van der Waals surface area contributed by atoms with Crippen LogP contribution in [0.25, 0.3) is 0 Å². The summed E-state index contributed by atoms with van der Waals surface area (Å²) in [5.74, 6) is 1.97. The molecule has 2 heterocycles. The SMILES string of the molecule is CCNC(Cc1ccncc1Cl)c1c(C)oc(C)c1C. The monoisotopic (exact) mass is 292 g/mol. The molecule has 2 aromatic heterocycles. The van der Waals surface area contributed by atoms with Gasteiger partial charge in [-0.05, 0) is 50.9 Å². The van der Waals surface area contributed by atoms with Gasteiger partial charge in [-0.15, -0.1) is 0 Å². The summed E-state index contributed by atoms with van der Waals surface area (Å²) in [7, 11) is 0. The summed E-state index contributed by atoms with van der Waals surface area (Å²) >= 11 is 6.23. The van der Waals surface area contributed by atoms with E-state index in [1.807, 2.05) is 19.9 Å². The Balaban J connectivity index is 2.34. The Bertz CT molecular complexity index is 592. The number of furan rings is 1. The van der Waals surface area contributed by atoms with Crippen molar-refractivity contribution in [3.05, 3.63) is 51.7 Å². The molecule has 1 unspecified atom stereocenters. The largest absolute Gasteiger partial charge is 0.466 e. The molecule has 4 heteroatoms. The molecule has 108 valence electrons. The van der Waals surface area contributed by atoms with Crippen LogP contribution < -0.4 is 5.32 Å². The van der Waals surface area contributed by atoms with Crippen LogP contribution in [0.1, 0.15) is 41.2 Å². The van der Waals surface area contributed by atoms with Crippen molar-refractivity contribution >= 4 is 11.6 Å². The number of aryl methyl sites for hydroxylation is 2. The Labute approximate surface area is 125 Å². The van der Waals surface area contributed by atoms with Crippen molar-refractivity contribution < 1.29 is 4.42 Å². The maximum Gasteiger partial charge on any atom is 0.106 e. The molecule has 2 rings (SSSR count). The molecule has 0 aliphatic carbocycles. The van der Waals surface area contributed by atoms with Gasteiger partial charge in [0.2, 0.25) is 0 Å². The van der Waals surface area contributed by atoms with E-state index in [2.05, 4.69) is 24.1 Å². The van der Waals surface area contributed by atoms with E-state index in [0.717, 1.165) is 30.0 Å². The fourth-order valence-corrected chi connectivity index (χ4v) is 2.83. The van der Waals surface area contributed by atoms with E-state index in [1.54, 1.807) is 12.4 Å². The number of hydrogen-bond donors (Lipinski definition) is 1. The molecule has 0 fully saturated rings. The number of halogens is 1. The van der Waals surface area contributed by atoms with Crippen molar-refractivity contribution in [3.63, 3.8) is 0 Å². The number of pyridine rings is 1. The van der Waals surface area contributed by atoms with Crippen LogP contribution in [0.4, 0.5) is 0 Å². The van der Waals surface area contributed by atoms with Crippen molar-refractivity contribution in [2.75, 3.05) is 6.54 Å². The van der Waals surface area contributed by atoms with E-state index >= 15 is 0 Å². The predicted octanol–water partition coefficient (Wildman–Crippen LogP) is 4.15. The van der Waals surface area contributed by atoms with Gasteiger partial charge in [0.05, 0.1) is 5.02 Å². The third-order valence-electron chi connectivity index (χ3n) is 3.70. The van der Waals surface area contributed by atoms with E-state index in [0.29, 0.717) is 5.02 Å². The molecule has 0 spiro atoms. The Morgan fingerprint density at radius 2 is 2.05 bits per heavy atom. The smallest absolute Gasteiger partial charge is 0.106 e. The Kier molecular flexibility index (Phi) is 4.84. The van der Waals surface area contributed by atoms with E-state index < -0.39 is 0 Å². The Hall–Kier alpha value is -1.32. The maximum absolute atomic E-state index is 6.23. The van der Waals surface area contributed by atoms with Gasteiger partial charge in [0.1, 0.15) is 11.5 Å². The van der Waals surface area contributed by atoms with Crippen LogP contribution in [0.2, 0.25) is 5.02 Å². The van der Waals surface area contributed by atoms with Crippen LogP contribution in [-0.4, -0.2) is 11.5 Å².